The molecule has 1 aliphatic carbocycles. The number of nitrogens with zero attached hydrogens (tertiary/aromatic N) is 1. The van der Waals surface area contributed by atoms with Crippen LogP contribution in [-0.4, -0.2) is 49.6 Å². The highest BCUT2D eigenvalue weighted by atomic mass is 16.5. The predicted octanol–water partition coefficient (Wildman–Crippen LogP) is 2.54. The van der Waals surface area contributed by atoms with E-state index < -0.39 is 0 Å². The zero-order valence-electron chi connectivity index (χ0n) is 16.2. The van der Waals surface area contributed by atoms with Crippen molar-refractivity contribution in [3.05, 3.63) is 54.1 Å². The van der Waals surface area contributed by atoms with Gasteiger partial charge in [0.15, 0.2) is 0 Å². The lowest BCUT2D eigenvalue weighted by atomic mass is 10.1. The monoisotopic (exact) mass is 381 g/mol. The molecule has 2 aromatic rings. The van der Waals surface area contributed by atoms with Crippen molar-refractivity contribution < 1.29 is 14.3 Å². The molecule has 6 heteroatoms. The first kappa shape index (κ1) is 18.8. The molecule has 2 fully saturated rings. The summed E-state index contributed by atoms with van der Waals surface area (Å²) in [5, 5.41) is 6.43. The number of amides is 1. The largest absolute Gasteiger partial charge is 0.497 e. The van der Waals surface area contributed by atoms with Crippen LogP contribution in [0.2, 0.25) is 0 Å². The molecule has 1 aliphatic heterocycles. The normalized spacial score (nSPS) is 19.8. The average Bonchev–Trinajstić information content (AvgIpc) is 3.53. The maximum Gasteiger partial charge on any atom is 0.238 e. The van der Waals surface area contributed by atoms with Gasteiger partial charge in [-0.25, -0.2) is 0 Å². The Kier molecular flexibility index (Phi) is 5.78. The third kappa shape index (κ3) is 5.03. The first-order chi connectivity index (χ1) is 13.7. The lowest BCUT2D eigenvalue weighted by Gasteiger charge is -2.33. The van der Waals surface area contributed by atoms with E-state index in [0.717, 1.165) is 56.3 Å². The van der Waals surface area contributed by atoms with Gasteiger partial charge in [0.25, 0.3) is 0 Å². The van der Waals surface area contributed by atoms with Gasteiger partial charge < -0.3 is 20.1 Å². The number of carbonyl (C=O) groups excluding carboxylic acids is 1. The van der Waals surface area contributed by atoms with E-state index in [-0.39, 0.29) is 11.9 Å². The second-order valence-corrected chi connectivity index (χ2v) is 7.45. The molecule has 0 aromatic heterocycles. The molecule has 1 amide bonds. The van der Waals surface area contributed by atoms with Crippen LogP contribution in [0.25, 0.3) is 0 Å². The van der Waals surface area contributed by atoms with Crippen molar-refractivity contribution in [1.82, 2.24) is 15.5 Å². The van der Waals surface area contributed by atoms with E-state index in [4.69, 9.17) is 9.47 Å². The Balaban J connectivity index is 1.35. The number of methoxy groups -OCH3 is 1. The second kappa shape index (κ2) is 8.63. The lowest BCUT2D eigenvalue weighted by molar-refractivity contribution is -0.124. The Morgan fingerprint density at radius 1 is 1.14 bits per heavy atom. The molecule has 1 saturated heterocycles. The number of rotatable bonds is 7. The summed E-state index contributed by atoms with van der Waals surface area (Å²) in [7, 11) is 1.65. The molecule has 2 N–H and O–H groups in total. The molecule has 2 aromatic carbocycles. The van der Waals surface area contributed by atoms with Gasteiger partial charge in [0.05, 0.1) is 13.2 Å². The van der Waals surface area contributed by atoms with Crippen molar-refractivity contribution in [3.63, 3.8) is 0 Å². The molecule has 1 heterocycles. The van der Waals surface area contributed by atoms with Crippen LogP contribution in [0.15, 0.2) is 48.5 Å². The maximum absolute atomic E-state index is 12.3. The van der Waals surface area contributed by atoms with Crippen molar-refractivity contribution in [2.75, 3.05) is 26.7 Å². The number of piperazine rings is 1. The molecule has 4 rings (SSSR count). The summed E-state index contributed by atoms with van der Waals surface area (Å²) in [4.78, 5) is 14.6. The highest BCUT2D eigenvalue weighted by Crippen LogP contribution is 2.25. The quantitative estimate of drug-likeness (QED) is 0.772. The number of hydrogen-bond donors (Lipinski definition) is 2. The van der Waals surface area contributed by atoms with Crippen LogP contribution in [0.3, 0.4) is 0 Å². The summed E-state index contributed by atoms with van der Waals surface area (Å²) in [6.07, 6.45) is 2.23. The zero-order valence-corrected chi connectivity index (χ0v) is 16.2. The van der Waals surface area contributed by atoms with Crippen molar-refractivity contribution in [3.8, 4) is 17.2 Å². The van der Waals surface area contributed by atoms with Crippen molar-refractivity contribution >= 4 is 5.91 Å². The third-order valence-electron chi connectivity index (χ3n) is 5.10. The van der Waals surface area contributed by atoms with Crippen LogP contribution in [0, 0.1) is 0 Å². The number of nitrogens with one attached hydrogen (secondary N) is 2. The van der Waals surface area contributed by atoms with Gasteiger partial charge in [0.2, 0.25) is 5.91 Å². The van der Waals surface area contributed by atoms with Gasteiger partial charge in [0.1, 0.15) is 17.2 Å². The number of benzene rings is 2. The number of ether oxygens (including phenoxy) is 2. The Hall–Kier alpha value is -2.57. The van der Waals surface area contributed by atoms with Crippen LogP contribution >= 0.6 is 0 Å². The SMILES string of the molecule is COc1ccc(Oc2cccc(CN3CCN[C@@H](C(=O)NC4CC4)C3)c2)cc1. The summed E-state index contributed by atoms with van der Waals surface area (Å²) >= 11 is 0. The van der Waals surface area contributed by atoms with E-state index in [2.05, 4.69) is 27.7 Å². The maximum atomic E-state index is 12.3. The van der Waals surface area contributed by atoms with Gasteiger partial charge >= 0.3 is 0 Å². The van der Waals surface area contributed by atoms with Crippen LogP contribution < -0.4 is 20.1 Å². The van der Waals surface area contributed by atoms with Crippen LogP contribution in [0.4, 0.5) is 0 Å². The zero-order chi connectivity index (χ0) is 19.3. The van der Waals surface area contributed by atoms with Gasteiger partial charge in [-0.2, -0.15) is 0 Å². The second-order valence-electron chi connectivity index (χ2n) is 7.45. The molecule has 28 heavy (non-hydrogen) atoms. The van der Waals surface area contributed by atoms with E-state index in [9.17, 15) is 4.79 Å². The molecule has 0 spiro atoms. The summed E-state index contributed by atoms with van der Waals surface area (Å²) < 4.78 is 11.1. The standard InChI is InChI=1S/C22H27N3O3/c1-27-18-7-9-19(10-8-18)28-20-4-2-3-16(13-20)14-25-12-11-23-21(15-25)22(26)24-17-5-6-17/h2-4,7-10,13,17,21,23H,5-6,11-12,14-15H2,1H3,(H,24,26)/t21-/m1/s1. The van der Waals surface area contributed by atoms with E-state index in [0.29, 0.717) is 6.04 Å². The highest BCUT2D eigenvalue weighted by Gasteiger charge is 2.30. The minimum Gasteiger partial charge on any atom is -0.497 e. The van der Waals surface area contributed by atoms with E-state index in [1.807, 2.05) is 36.4 Å². The number of carbonyl (C=O) groups is 1. The summed E-state index contributed by atoms with van der Waals surface area (Å²) in [5.74, 6) is 2.52. The number of hydrogen-bond acceptors (Lipinski definition) is 5. The van der Waals surface area contributed by atoms with E-state index in [1.165, 1.54) is 5.56 Å². The first-order valence-corrected chi connectivity index (χ1v) is 9.86. The minimum atomic E-state index is -0.131. The Bertz CT molecular complexity index is 805. The molecule has 0 bridgehead atoms. The molecular weight excluding hydrogens is 354 g/mol. The average molecular weight is 381 g/mol. The van der Waals surface area contributed by atoms with Gasteiger partial charge in [-0.15, -0.1) is 0 Å². The topological polar surface area (TPSA) is 62.8 Å². The lowest BCUT2D eigenvalue weighted by Crippen LogP contribution is -2.57. The van der Waals surface area contributed by atoms with E-state index in [1.54, 1.807) is 7.11 Å². The Labute approximate surface area is 165 Å². The molecule has 1 saturated carbocycles. The summed E-state index contributed by atoms with van der Waals surface area (Å²) in [5.41, 5.74) is 1.18. The molecular formula is C22H27N3O3. The Morgan fingerprint density at radius 2 is 1.93 bits per heavy atom. The first-order valence-electron chi connectivity index (χ1n) is 9.86. The van der Waals surface area contributed by atoms with Gasteiger partial charge in [0, 0.05) is 32.2 Å². The molecule has 0 unspecified atom stereocenters. The van der Waals surface area contributed by atoms with Crippen molar-refractivity contribution in [2.24, 2.45) is 0 Å². The third-order valence-corrected chi connectivity index (χ3v) is 5.10. The molecule has 2 aliphatic rings. The van der Waals surface area contributed by atoms with Gasteiger partial charge in [-0.1, -0.05) is 12.1 Å². The fourth-order valence-electron chi connectivity index (χ4n) is 3.40. The van der Waals surface area contributed by atoms with Crippen molar-refractivity contribution in [1.29, 1.82) is 0 Å². The molecule has 1 atom stereocenters. The Morgan fingerprint density at radius 3 is 2.68 bits per heavy atom. The summed E-state index contributed by atoms with van der Waals surface area (Å²) in [6.45, 7) is 3.28. The fraction of sp³-hybridized carbons (Fsp3) is 0.409. The van der Waals surface area contributed by atoms with Crippen molar-refractivity contribution in [2.45, 2.75) is 31.5 Å². The molecule has 0 radical (unpaired) electrons. The smallest absolute Gasteiger partial charge is 0.238 e. The summed E-state index contributed by atoms with van der Waals surface area (Å²) in [6, 6.07) is 15.9. The van der Waals surface area contributed by atoms with Crippen LogP contribution in [0.1, 0.15) is 18.4 Å². The van der Waals surface area contributed by atoms with E-state index >= 15 is 0 Å². The molecule has 148 valence electrons. The van der Waals surface area contributed by atoms with Gasteiger partial charge in [-0.3, -0.25) is 9.69 Å². The molecule has 6 nitrogen and oxygen atoms in total. The fourth-order valence-corrected chi connectivity index (χ4v) is 3.40. The van der Waals surface area contributed by atoms with Crippen LogP contribution in [0.5, 0.6) is 17.2 Å². The highest BCUT2D eigenvalue weighted by molar-refractivity contribution is 5.82. The predicted molar refractivity (Wildman–Crippen MR) is 108 cm³/mol. The minimum absolute atomic E-state index is 0.129. The van der Waals surface area contributed by atoms with Crippen LogP contribution in [-0.2, 0) is 11.3 Å². The van der Waals surface area contributed by atoms with Gasteiger partial charge in [-0.05, 0) is 54.8 Å².